The Hall–Kier alpha value is -3.50. The molecule has 1 aromatic heterocycles. The molecule has 0 aliphatic rings. The van der Waals surface area contributed by atoms with Gasteiger partial charge in [0.1, 0.15) is 0 Å². The Labute approximate surface area is 173 Å². The van der Waals surface area contributed by atoms with E-state index in [1.807, 2.05) is 24.3 Å². The summed E-state index contributed by atoms with van der Waals surface area (Å²) in [4.78, 5) is 7.69. The van der Waals surface area contributed by atoms with Crippen molar-refractivity contribution in [3.05, 3.63) is 85.2 Å². The molecule has 152 valence electrons. The Kier molecular flexibility index (Phi) is 5.10. The summed E-state index contributed by atoms with van der Waals surface area (Å²) < 4.78 is 55.0. The lowest BCUT2D eigenvalue weighted by molar-refractivity contribution is 0.600. The highest BCUT2D eigenvalue weighted by Gasteiger charge is 2.18. The van der Waals surface area contributed by atoms with Crippen molar-refractivity contribution in [2.24, 2.45) is 0 Å². The molecule has 3 aromatic carbocycles. The molecule has 10 heteroatoms. The lowest BCUT2D eigenvalue weighted by atomic mass is 10.1. The molecule has 0 spiro atoms. The Balaban J connectivity index is 1.55. The number of fused-ring (bicyclic) bond motifs is 1. The first-order chi connectivity index (χ1) is 14.3. The van der Waals surface area contributed by atoms with Gasteiger partial charge in [-0.05, 0) is 53.2 Å². The van der Waals surface area contributed by atoms with Gasteiger partial charge in [0.15, 0.2) is 0 Å². The average molecular weight is 441 g/mol. The molecule has 0 aliphatic carbocycles. The number of nitrogens with one attached hydrogen (secondary N) is 2. The number of hydrogen-bond donors (Lipinski definition) is 2. The van der Waals surface area contributed by atoms with E-state index in [1.54, 1.807) is 18.2 Å². The molecule has 30 heavy (non-hydrogen) atoms. The molecule has 1 heterocycles. The van der Waals surface area contributed by atoms with Crippen LogP contribution in [0.3, 0.4) is 0 Å². The van der Waals surface area contributed by atoms with Crippen molar-refractivity contribution < 1.29 is 16.8 Å². The fraction of sp³-hybridized carbons (Fsp3) is 0. The first-order valence-corrected chi connectivity index (χ1v) is 11.7. The molecule has 0 unspecified atom stereocenters. The number of sulfonamides is 2. The van der Waals surface area contributed by atoms with Crippen molar-refractivity contribution in [3.8, 4) is 0 Å². The minimum absolute atomic E-state index is 0.0522. The summed E-state index contributed by atoms with van der Waals surface area (Å²) in [5, 5.41) is 1.73. The van der Waals surface area contributed by atoms with Gasteiger partial charge in [-0.15, -0.1) is 0 Å². The predicted octanol–water partition coefficient (Wildman–Crippen LogP) is 3.23. The fourth-order valence-corrected chi connectivity index (χ4v) is 4.83. The van der Waals surface area contributed by atoms with Crippen LogP contribution in [0.25, 0.3) is 10.8 Å². The van der Waals surface area contributed by atoms with Crippen LogP contribution in [0.1, 0.15) is 0 Å². The maximum Gasteiger partial charge on any atom is 0.264 e. The summed E-state index contributed by atoms with van der Waals surface area (Å²) in [6.07, 6.45) is 2.82. The normalized spacial score (nSPS) is 11.9. The van der Waals surface area contributed by atoms with Gasteiger partial charge in [0.05, 0.1) is 9.79 Å². The van der Waals surface area contributed by atoms with Crippen LogP contribution in [-0.4, -0.2) is 26.8 Å². The molecule has 0 fully saturated rings. The molecule has 0 atom stereocenters. The Morgan fingerprint density at radius 1 is 0.600 bits per heavy atom. The van der Waals surface area contributed by atoms with E-state index in [9.17, 15) is 16.8 Å². The maximum absolute atomic E-state index is 12.7. The monoisotopic (exact) mass is 440 g/mol. The lowest BCUT2D eigenvalue weighted by Crippen LogP contribution is -2.15. The highest BCUT2D eigenvalue weighted by Crippen LogP contribution is 2.22. The van der Waals surface area contributed by atoms with Crippen molar-refractivity contribution in [1.29, 1.82) is 0 Å². The van der Waals surface area contributed by atoms with Gasteiger partial charge in [0.2, 0.25) is 5.95 Å². The third kappa shape index (κ3) is 4.24. The largest absolute Gasteiger partial charge is 0.280 e. The number of rotatable bonds is 6. The molecular formula is C20H16N4O4S2. The van der Waals surface area contributed by atoms with Gasteiger partial charge >= 0.3 is 0 Å². The molecule has 0 aliphatic heterocycles. The lowest BCUT2D eigenvalue weighted by Gasteiger charge is -2.10. The highest BCUT2D eigenvalue weighted by atomic mass is 32.2. The Bertz CT molecular complexity index is 1410. The molecule has 0 saturated carbocycles. The first-order valence-electron chi connectivity index (χ1n) is 8.75. The number of hydrogen-bond acceptors (Lipinski definition) is 6. The van der Waals surface area contributed by atoms with Gasteiger partial charge in [0, 0.05) is 18.1 Å². The molecule has 8 nitrogen and oxygen atoms in total. The maximum atomic E-state index is 12.7. The van der Waals surface area contributed by atoms with Crippen LogP contribution in [-0.2, 0) is 20.0 Å². The third-order valence-corrected chi connectivity index (χ3v) is 6.96. The van der Waals surface area contributed by atoms with E-state index in [4.69, 9.17) is 0 Å². The Morgan fingerprint density at radius 2 is 1.20 bits per heavy atom. The SMILES string of the molecule is O=S(=O)(Nc1ccc(S(=O)(=O)Nc2ncccn2)cc1)c1ccc2ccccc2c1. The van der Waals surface area contributed by atoms with Crippen LogP contribution in [0.5, 0.6) is 0 Å². The number of benzene rings is 3. The minimum Gasteiger partial charge on any atom is -0.280 e. The van der Waals surface area contributed by atoms with Gasteiger partial charge in [-0.2, -0.15) is 0 Å². The number of aromatic nitrogens is 2. The molecule has 4 rings (SSSR count). The standard InChI is InChI=1S/C20H16N4O4S2/c25-29(26,24-20-21-12-3-13-22-20)18-10-7-17(8-11-18)23-30(27,28)19-9-6-15-4-1-2-5-16(15)14-19/h1-14,23H,(H,21,22,24). The zero-order valence-electron chi connectivity index (χ0n) is 15.4. The fourth-order valence-electron chi connectivity index (χ4n) is 2.78. The van der Waals surface area contributed by atoms with Crippen molar-refractivity contribution in [2.75, 3.05) is 9.44 Å². The van der Waals surface area contributed by atoms with Crippen LogP contribution >= 0.6 is 0 Å². The van der Waals surface area contributed by atoms with Crippen molar-refractivity contribution in [1.82, 2.24) is 9.97 Å². The van der Waals surface area contributed by atoms with E-state index in [0.29, 0.717) is 0 Å². The molecule has 0 bridgehead atoms. The predicted molar refractivity (Wildman–Crippen MR) is 114 cm³/mol. The zero-order valence-corrected chi connectivity index (χ0v) is 17.1. The summed E-state index contributed by atoms with van der Waals surface area (Å²) in [5.41, 5.74) is 0.234. The number of anilines is 2. The van der Waals surface area contributed by atoms with Gasteiger partial charge in [-0.3, -0.25) is 4.72 Å². The molecule has 2 N–H and O–H groups in total. The quantitative estimate of drug-likeness (QED) is 0.475. The molecule has 4 aromatic rings. The van der Waals surface area contributed by atoms with E-state index >= 15 is 0 Å². The molecule has 0 amide bonds. The van der Waals surface area contributed by atoms with Crippen LogP contribution in [0.4, 0.5) is 11.6 Å². The smallest absolute Gasteiger partial charge is 0.264 e. The van der Waals surface area contributed by atoms with Gasteiger partial charge in [-0.25, -0.2) is 31.5 Å². The molecular weight excluding hydrogens is 424 g/mol. The second-order valence-corrected chi connectivity index (χ2v) is 9.68. The molecule has 0 radical (unpaired) electrons. The third-order valence-electron chi connectivity index (χ3n) is 4.24. The second kappa shape index (κ2) is 7.73. The number of nitrogens with zero attached hydrogens (tertiary/aromatic N) is 2. The van der Waals surface area contributed by atoms with E-state index in [-0.39, 0.29) is 21.4 Å². The van der Waals surface area contributed by atoms with Crippen molar-refractivity contribution >= 4 is 42.5 Å². The van der Waals surface area contributed by atoms with E-state index in [0.717, 1.165) is 10.8 Å². The van der Waals surface area contributed by atoms with Gasteiger partial charge < -0.3 is 0 Å². The van der Waals surface area contributed by atoms with Crippen LogP contribution in [0, 0.1) is 0 Å². The summed E-state index contributed by atoms with van der Waals surface area (Å²) in [7, 11) is -7.74. The molecule has 0 saturated heterocycles. The Morgan fingerprint density at radius 3 is 1.90 bits per heavy atom. The summed E-state index contributed by atoms with van der Waals surface area (Å²) in [6.45, 7) is 0. The van der Waals surface area contributed by atoms with Crippen molar-refractivity contribution in [3.63, 3.8) is 0 Å². The van der Waals surface area contributed by atoms with Crippen LogP contribution < -0.4 is 9.44 Å². The van der Waals surface area contributed by atoms with Gasteiger partial charge in [-0.1, -0.05) is 30.3 Å². The minimum atomic E-state index is -3.90. The summed E-state index contributed by atoms with van der Waals surface area (Å²) in [6, 6.07) is 19.2. The van der Waals surface area contributed by atoms with E-state index in [1.165, 1.54) is 42.7 Å². The zero-order chi connectivity index (χ0) is 21.2. The van der Waals surface area contributed by atoms with E-state index < -0.39 is 20.0 Å². The summed E-state index contributed by atoms with van der Waals surface area (Å²) >= 11 is 0. The van der Waals surface area contributed by atoms with Crippen molar-refractivity contribution in [2.45, 2.75) is 9.79 Å². The average Bonchev–Trinajstić information content (AvgIpc) is 2.74. The van der Waals surface area contributed by atoms with Gasteiger partial charge in [0.25, 0.3) is 20.0 Å². The van der Waals surface area contributed by atoms with Crippen LogP contribution in [0.2, 0.25) is 0 Å². The summed E-state index contributed by atoms with van der Waals surface area (Å²) in [5.74, 6) is -0.0569. The second-order valence-electron chi connectivity index (χ2n) is 6.32. The van der Waals surface area contributed by atoms with Crippen LogP contribution in [0.15, 0.2) is 95.0 Å². The first kappa shape index (κ1) is 19.8. The van der Waals surface area contributed by atoms with E-state index in [2.05, 4.69) is 19.4 Å². The highest BCUT2D eigenvalue weighted by molar-refractivity contribution is 7.93. The topological polar surface area (TPSA) is 118 Å².